The van der Waals surface area contributed by atoms with Crippen LogP contribution in [-0.4, -0.2) is 5.54 Å². The highest BCUT2D eigenvalue weighted by Crippen LogP contribution is 2.36. The van der Waals surface area contributed by atoms with E-state index in [4.69, 9.17) is 5.73 Å². The Morgan fingerprint density at radius 3 is 1.86 bits per heavy atom. The predicted octanol–water partition coefficient (Wildman–Crippen LogP) is 2.82. The highest BCUT2D eigenvalue weighted by molar-refractivity contribution is 5.27. The molecule has 0 atom stereocenters. The second-order valence-corrected chi connectivity index (χ2v) is 4.16. The Bertz CT molecular complexity index is 309. The lowest BCUT2D eigenvalue weighted by Gasteiger charge is -2.30. The first kappa shape index (κ1) is 11.1. The molecule has 0 aromatic heterocycles. The molecular weight excluding hydrogens is 184 g/mol. The van der Waals surface area contributed by atoms with E-state index in [0.717, 1.165) is 5.56 Å². The largest absolute Gasteiger partial charge is 0.320 e. The van der Waals surface area contributed by atoms with Crippen LogP contribution < -0.4 is 5.73 Å². The molecule has 1 aromatic carbocycles. The second kappa shape index (κ2) is 3.31. The zero-order valence-corrected chi connectivity index (χ0v) is 8.64. The summed E-state index contributed by atoms with van der Waals surface area (Å²) in [4.78, 5) is 0. The molecular formula is C11H15F2N. The van der Waals surface area contributed by atoms with Gasteiger partial charge in [-0.1, -0.05) is 29.8 Å². The molecule has 0 radical (unpaired) electrons. The average molecular weight is 199 g/mol. The van der Waals surface area contributed by atoms with Crippen LogP contribution in [0.1, 0.15) is 25.0 Å². The van der Waals surface area contributed by atoms with Gasteiger partial charge >= 0.3 is 0 Å². The van der Waals surface area contributed by atoms with E-state index >= 15 is 0 Å². The van der Waals surface area contributed by atoms with Crippen molar-refractivity contribution >= 4 is 0 Å². The summed E-state index contributed by atoms with van der Waals surface area (Å²) in [5.41, 5.74) is 4.82. The van der Waals surface area contributed by atoms with E-state index in [2.05, 4.69) is 0 Å². The third kappa shape index (κ3) is 1.93. The Morgan fingerprint density at radius 2 is 1.50 bits per heavy atom. The van der Waals surface area contributed by atoms with E-state index in [1.807, 2.05) is 6.92 Å². The Morgan fingerprint density at radius 1 is 1.07 bits per heavy atom. The van der Waals surface area contributed by atoms with Gasteiger partial charge in [0.05, 0.1) is 5.54 Å². The second-order valence-electron chi connectivity index (χ2n) is 4.16. The lowest BCUT2D eigenvalue weighted by molar-refractivity contribution is -0.0672. The topological polar surface area (TPSA) is 26.0 Å². The fourth-order valence-corrected chi connectivity index (χ4v) is 1.13. The van der Waals surface area contributed by atoms with Crippen LogP contribution in [-0.2, 0) is 5.92 Å². The molecule has 0 saturated heterocycles. The van der Waals surface area contributed by atoms with Gasteiger partial charge in [0.25, 0.3) is 5.92 Å². The summed E-state index contributed by atoms with van der Waals surface area (Å²) in [6, 6.07) is 6.16. The maximum Gasteiger partial charge on any atom is 0.290 e. The number of halogens is 2. The summed E-state index contributed by atoms with van der Waals surface area (Å²) in [5.74, 6) is -3.00. The van der Waals surface area contributed by atoms with Crippen molar-refractivity contribution in [3.63, 3.8) is 0 Å². The van der Waals surface area contributed by atoms with Crippen LogP contribution in [0, 0.1) is 6.92 Å². The quantitative estimate of drug-likeness (QED) is 0.778. The van der Waals surface area contributed by atoms with Gasteiger partial charge in [-0.15, -0.1) is 0 Å². The van der Waals surface area contributed by atoms with Crippen LogP contribution >= 0.6 is 0 Å². The first-order chi connectivity index (χ1) is 6.25. The molecule has 1 aromatic rings. The minimum absolute atomic E-state index is 0.0319. The van der Waals surface area contributed by atoms with Crippen molar-refractivity contribution in [3.05, 3.63) is 35.4 Å². The van der Waals surface area contributed by atoms with Crippen molar-refractivity contribution in [2.45, 2.75) is 32.2 Å². The number of rotatable bonds is 2. The van der Waals surface area contributed by atoms with E-state index in [-0.39, 0.29) is 5.56 Å². The maximum absolute atomic E-state index is 13.7. The third-order valence-electron chi connectivity index (χ3n) is 2.22. The molecule has 78 valence electrons. The Kier molecular flexibility index (Phi) is 2.63. The van der Waals surface area contributed by atoms with Crippen LogP contribution in [0.5, 0.6) is 0 Å². The highest BCUT2D eigenvalue weighted by Gasteiger charge is 2.45. The molecule has 3 heteroatoms. The SMILES string of the molecule is Cc1ccc(C(F)(F)C(C)(C)N)cc1. The van der Waals surface area contributed by atoms with Crippen molar-refractivity contribution < 1.29 is 8.78 Å². The van der Waals surface area contributed by atoms with Gasteiger partial charge in [0.1, 0.15) is 0 Å². The highest BCUT2D eigenvalue weighted by atomic mass is 19.3. The molecule has 1 nitrogen and oxygen atoms in total. The number of aryl methyl sites for hydroxylation is 1. The van der Waals surface area contributed by atoms with Crippen LogP contribution in [0.4, 0.5) is 8.78 Å². The lowest BCUT2D eigenvalue weighted by Crippen LogP contribution is -2.48. The maximum atomic E-state index is 13.7. The average Bonchev–Trinajstić information content (AvgIpc) is 2.03. The monoisotopic (exact) mass is 199 g/mol. The molecule has 0 spiro atoms. The van der Waals surface area contributed by atoms with Gasteiger partial charge in [0.2, 0.25) is 0 Å². The smallest absolute Gasteiger partial charge is 0.290 e. The van der Waals surface area contributed by atoms with Gasteiger partial charge in [-0.3, -0.25) is 0 Å². The van der Waals surface area contributed by atoms with Crippen LogP contribution in [0.25, 0.3) is 0 Å². The van der Waals surface area contributed by atoms with Gasteiger partial charge in [-0.25, -0.2) is 0 Å². The van der Waals surface area contributed by atoms with Crippen LogP contribution in [0.2, 0.25) is 0 Å². The fraction of sp³-hybridized carbons (Fsp3) is 0.455. The van der Waals surface area contributed by atoms with E-state index < -0.39 is 11.5 Å². The molecule has 0 unspecified atom stereocenters. The van der Waals surface area contributed by atoms with Gasteiger partial charge in [0, 0.05) is 5.56 Å². The zero-order valence-electron chi connectivity index (χ0n) is 8.64. The van der Waals surface area contributed by atoms with Gasteiger partial charge in [0.15, 0.2) is 0 Å². The number of alkyl halides is 2. The molecule has 0 heterocycles. The number of hydrogen-bond donors (Lipinski definition) is 1. The number of hydrogen-bond acceptors (Lipinski definition) is 1. The first-order valence-corrected chi connectivity index (χ1v) is 4.49. The molecule has 0 amide bonds. The molecule has 0 bridgehead atoms. The normalized spacial score (nSPS) is 13.0. The summed E-state index contributed by atoms with van der Waals surface area (Å²) in [5, 5.41) is 0. The lowest BCUT2D eigenvalue weighted by atomic mass is 9.91. The Hall–Kier alpha value is -0.960. The van der Waals surface area contributed by atoms with Gasteiger partial charge in [-0.2, -0.15) is 8.78 Å². The van der Waals surface area contributed by atoms with Crippen molar-refractivity contribution in [2.24, 2.45) is 5.73 Å². The Balaban J connectivity index is 3.10. The van der Waals surface area contributed by atoms with E-state index in [0.29, 0.717) is 0 Å². The molecule has 0 aliphatic carbocycles. The summed E-state index contributed by atoms with van der Waals surface area (Å²) >= 11 is 0. The summed E-state index contributed by atoms with van der Waals surface area (Å²) < 4.78 is 27.3. The van der Waals surface area contributed by atoms with Crippen LogP contribution in [0.3, 0.4) is 0 Å². The molecule has 14 heavy (non-hydrogen) atoms. The minimum Gasteiger partial charge on any atom is -0.320 e. The number of benzene rings is 1. The third-order valence-corrected chi connectivity index (χ3v) is 2.22. The van der Waals surface area contributed by atoms with Crippen LogP contribution in [0.15, 0.2) is 24.3 Å². The molecule has 0 aliphatic rings. The minimum atomic E-state index is -3.00. The van der Waals surface area contributed by atoms with E-state index in [9.17, 15) is 8.78 Å². The van der Waals surface area contributed by atoms with E-state index in [1.54, 1.807) is 12.1 Å². The first-order valence-electron chi connectivity index (χ1n) is 4.49. The van der Waals surface area contributed by atoms with Crippen molar-refractivity contribution in [3.8, 4) is 0 Å². The van der Waals surface area contributed by atoms with Crippen molar-refractivity contribution in [1.29, 1.82) is 0 Å². The summed E-state index contributed by atoms with van der Waals surface area (Å²) in [7, 11) is 0. The van der Waals surface area contributed by atoms with E-state index in [1.165, 1.54) is 26.0 Å². The standard InChI is InChI=1S/C11H15F2N/c1-8-4-6-9(7-5-8)11(12,13)10(2,3)14/h4-7H,14H2,1-3H3. The summed E-state index contributed by atoms with van der Waals surface area (Å²) in [6.45, 7) is 4.51. The summed E-state index contributed by atoms with van der Waals surface area (Å²) in [6.07, 6.45) is 0. The molecule has 2 N–H and O–H groups in total. The predicted molar refractivity (Wildman–Crippen MR) is 53.3 cm³/mol. The van der Waals surface area contributed by atoms with Gasteiger partial charge < -0.3 is 5.73 Å². The van der Waals surface area contributed by atoms with Crippen molar-refractivity contribution in [1.82, 2.24) is 0 Å². The molecule has 0 saturated carbocycles. The molecule has 1 rings (SSSR count). The van der Waals surface area contributed by atoms with Gasteiger partial charge in [-0.05, 0) is 20.8 Å². The molecule has 0 aliphatic heterocycles. The zero-order chi connectivity index (χ0) is 11.0. The fourth-order valence-electron chi connectivity index (χ4n) is 1.13. The Labute approximate surface area is 82.9 Å². The molecule has 0 fully saturated rings. The van der Waals surface area contributed by atoms with Crippen molar-refractivity contribution in [2.75, 3.05) is 0 Å². The number of nitrogens with two attached hydrogens (primary N) is 1.